The van der Waals surface area contributed by atoms with Gasteiger partial charge in [0, 0.05) is 32.2 Å². The molecule has 4 aliphatic rings. The van der Waals surface area contributed by atoms with Crippen LogP contribution in [-0.4, -0.2) is 55.0 Å². The summed E-state index contributed by atoms with van der Waals surface area (Å²) in [6.45, 7) is 6.22. The van der Waals surface area contributed by atoms with Crippen LogP contribution in [0.25, 0.3) is 0 Å². The lowest BCUT2D eigenvalue weighted by molar-refractivity contribution is 0.0733. The highest BCUT2D eigenvalue weighted by Crippen LogP contribution is 2.35. The Morgan fingerprint density at radius 1 is 1.17 bits per heavy atom. The molecule has 4 fully saturated rings. The quantitative estimate of drug-likeness (QED) is 0.852. The highest BCUT2D eigenvalue weighted by Gasteiger charge is 2.39. The normalized spacial score (nSPS) is 27.2. The lowest BCUT2D eigenvalue weighted by atomic mass is 9.95. The Morgan fingerprint density at radius 3 is 2.75 bits per heavy atom. The molecule has 130 valence electrons. The van der Waals surface area contributed by atoms with Gasteiger partial charge in [0.15, 0.2) is 0 Å². The fraction of sp³-hybridized carbons (Fsp3) is 0.650. The van der Waals surface area contributed by atoms with Crippen LogP contribution in [-0.2, 0) is 0 Å². The predicted molar refractivity (Wildman–Crippen MR) is 94.4 cm³/mol. The van der Waals surface area contributed by atoms with Crippen LogP contribution in [0.1, 0.15) is 41.6 Å². The number of rotatable bonds is 4. The Kier molecular flexibility index (Phi) is 4.25. The Morgan fingerprint density at radius 2 is 2.00 bits per heavy atom. The Hall–Kier alpha value is -1.55. The third-order valence-corrected chi connectivity index (χ3v) is 5.89. The van der Waals surface area contributed by atoms with E-state index in [1.807, 2.05) is 25.1 Å². The molecule has 24 heavy (non-hydrogen) atoms. The van der Waals surface area contributed by atoms with E-state index in [0.29, 0.717) is 23.3 Å². The average molecular weight is 328 g/mol. The van der Waals surface area contributed by atoms with Gasteiger partial charge >= 0.3 is 0 Å². The van der Waals surface area contributed by atoms with Crippen molar-refractivity contribution in [3.8, 4) is 5.75 Å². The maximum Gasteiger partial charge on any atom is 0.257 e. The van der Waals surface area contributed by atoms with Gasteiger partial charge in [-0.1, -0.05) is 11.6 Å². The third kappa shape index (κ3) is 3.16. The topological polar surface area (TPSA) is 32.8 Å². The molecule has 4 nitrogen and oxygen atoms in total. The summed E-state index contributed by atoms with van der Waals surface area (Å²) in [6, 6.07) is 6.42. The minimum Gasteiger partial charge on any atom is -0.496 e. The van der Waals surface area contributed by atoms with Crippen molar-refractivity contribution >= 4 is 5.91 Å². The second kappa shape index (κ2) is 6.40. The second-order valence-corrected chi connectivity index (χ2v) is 7.91. The number of ether oxygens (including phenoxy) is 1. The first-order valence-electron chi connectivity index (χ1n) is 9.32. The van der Waals surface area contributed by atoms with Crippen LogP contribution in [0.15, 0.2) is 18.2 Å². The lowest BCUT2D eigenvalue weighted by Gasteiger charge is -2.36. The highest BCUT2D eigenvalue weighted by atomic mass is 16.5. The first kappa shape index (κ1) is 15.9. The van der Waals surface area contributed by atoms with Crippen LogP contribution >= 0.6 is 0 Å². The van der Waals surface area contributed by atoms with Crippen molar-refractivity contribution in [2.24, 2.45) is 11.8 Å². The maximum atomic E-state index is 13.2. The summed E-state index contributed by atoms with van der Waals surface area (Å²) < 4.78 is 5.44. The summed E-state index contributed by atoms with van der Waals surface area (Å²) in [5, 5.41) is 0. The standard InChI is InChI=1S/C20H28N2O2/c1-14-3-8-19(24-2)18(9-14)20(23)22-12-16-6-7-17(13-22)21(11-16)10-15-4-5-15/h3,8-9,15-17H,4-7,10-13H2,1-2H3/t16-,17-/m1/s1. The van der Waals surface area contributed by atoms with Crippen molar-refractivity contribution in [2.75, 3.05) is 33.3 Å². The van der Waals surface area contributed by atoms with Gasteiger partial charge in [-0.3, -0.25) is 9.69 Å². The van der Waals surface area contributed by atoms with E-state index >= 15 is 0 Å². The van der Waals surface area contributed by atoms with E-state index in [2.05, 4.69) is 9.80 Å². The number of carbonyl (C=O) groups excluding carboxylic acids is 1. The maximum absolute atomic E-state index is 13.2. The van der Waals surface area contributed by atoms with Crippen molar-refractivity contribution in [1.29, 1.82) is 0 Å². The monoisotopic (exact) mass is 328 g/mol. The second-order valence-electron chi connectivity index (χ2n) is 7.91. The van der Waals surface area contributed by atoms with Crippen LogP contribution in [0.2, 0.25) is 0 Å². The van der Waals surface area contributed by atoms with Crippen LogP contribution in [0, 0.1) is 18.8 Å². The molecule has 1 aliphatic carbocycles. The summed E-state index contributed by atoms with van der Waals surface area (Å²) in [6.07, 6.45) is 5.31. The molecule has 2 atom stereocenters. The van der Waals surface area contributed by atoms with Crippen LogP contribution < -0.4 is 4.74 Å². The van der Waals surface area contributed by atoms with Crippen molar-refractivity contribution in [3.63, 3.8) is 0 Å². The van der Waals surface area contributed by atoms with Gasteiger partial charge in [0.05, 0.1) is 12.7 Å². The van der Waals surface area contributed by atoms with E-state index in [1.54, 1.807) is 7.11 Å². The number of hydrogen-bond donors (Lipinski definition) is 0. The molecule has 0 unspecified atom stereocenters. The molecule has 2 bridgehead atoms. The van der Waals surface area contributed by atoms with E-state index in [1.165, 1.54) is 38.8 Å². The van der Waals surface area contributed by atoms with Crippen molar-refractivity contribution in [3.05, 3.63) is 29.3 Å². The van der Waals surface area contributed by atoms with Crippen LogP contribution in [0.4, 0.5) is 0 Å². The van der Waals surface area contributed by atoms with Gasteiger partial charge in [-0.25, -0.2) is 0 Å². The fourth-order valence-electron chi connectivity index (χ4n) is 4.36. The molecule has 3 aliphatic heterocycles. The summed E-state index contributed by atoms with van der Waals surface area (Å²) in [5.74, 6) is 2.38. The summed E-state index contributed by atoms with van der Waals surface area (Å²) in [4.78, 5) is 17.9. The van der Waals surface area contributed by atoms with Crippen molar-refractivity contribution in [2.45, 2.75) is 38.6 Å². The zero-order valence-electron chi connectivity index (χ0n) is 14.8. The van der Waals surface area contributed by atoms with Crippen molar-refractivity contribution < 1.29 is 9.53 Å². The molecular weight excluding hydrogens is 300 g/mol. The summed E-state index contributed by atoms with van der Waals surface area (Å²) in [7, 11) is 1.64. The molecule has 0 radical (unpaired) electrons. The van der Waals surface area contributed by atoms with Gasteiger partial charge in [0.25, 0.3) is 5.91 Å². The van der Waals surface area contributed by atoms with Gasteiger partial charge in [-0.05, 0) is 56.6 Å². The predicted octanol–water partition coefficient (Wildman–Crippen LogP) is 2.95. The van der Waals surface area contributed by atoms with E-state index < -0.39 is 0 Å². The smallest absolute Gasteiger partial charge is 0.257 e. The van der Waals surface area contributed by atoms with E-state index in [4.69, 9.17) is 4.74 Å². The third-order valence-electron chi connectivity index (χ3n) is 5.89. The molecule has 1 saturated carbocycles. The summed E-state index contributed by atoms with van der Waals surface area (Å²) >= 11 is 0. The SMILES string of the molecule is COc1ccc(C)cc1C(=O)N1C[C@@H]2CC[C@H](C1)N(CC1CC1)C2. The average Bonchev–Trinajstić information content (AvgIpc) is 3.41. The molecule has 1 amide bonds. The molecule has 3 saturated heterocycles. The van der Waals surface area contributed by atoms with E-state index in [0.717, 1.165) is 24.6 Å². The number of carbonyl (C=O) groups is 1. The van der Waals surface area contributed by atoms with E-state index in [-0.39, 0.29) is 5.91 Å². The molecular formula is C20H28N2O2. The largest absolute Gasteiger partial charge is 0.496 e. The molecule has 0 N–H and O–H groups in total. The molecule has 0 spiro atoms. The number of amides is 1. The van der Waals surface area contributed by atoms with Crippen LogP contribution in [0.3, 0.4) is 0 Å². The zero-order chi connectivity index (χ0) is 16.7. The van der Waals surface area contributed by atoms with Gasteiger partial charge in [0.2, 0.25) is 0 Å². The molecule has 3 heterocycles. The highest BCUT2D eigenvalue weighted by molar-refractivity contribution is 5.97. The fourth-order valence-corrected chi connectivity index (χ4v) is 4.36. The first-order chi connectivity index (χ1) is 11.6. The Bertz CT molecular complexity index is 626. The zero-order valence-corrected chi connectivity index (χ0v) is 14.8. The van der Waals surface area contributed by atoms with Crippen LogP contribution in [0.5, 0.6) is 5.75 Å². The number of piperidine rings is 1. The molecule has 1 aromatic rings. The number of fused-ring (bicyclic) bond motifs is 4. The minimum atomic E-state index is 0.140. The number of nitrogens with zero attached hydrogens (tertiary/aromatic N) is 2. The summed E-state index contributed by atoms with van der Waals surface area (Å²) in [5.41, 5.74) is 1.82. The number of aryl methyl sites for hydroxylation is 1. The minimum absolute atomic E-state index is 0.140. The van der Waals surface area contributed by atoms with Gasteiger partial charge < -0.3 is 9.64 Å². The first-order valence-corrected chi connectivity index (χ1v) is 9.32. The van der Waals surface area contributed by atoms with E-state index in [9.17, 15) is 4.79 Å². The molecule has 4 heteroatoms. The van der Waals surface area contributed by atoms with Crippen molar-refractivity contribution in [1.82, 2.24) is 9.80 Å². The number of benzene rings is 1. The Labute approximate surface area is 144 Å². The van der Waals surface area contributed by atoms with Gasteiger partial charge in [-0.2, -0.15) is 0 Å². The van der Waals surface area contributed by atoms with Gasteiger partial charge in [0.1, 0.15) is 5.75 Å². The number of hydrogen-bond acceptors (Lipinski definition) is 3. The number of methoxy groups -OCH3 is 1. The van der Waals surface area contributed by atoms with Gasteiger partial charge in [-0.15, -0.1) is 0 Å². The molecule has 0 aromatic heterocycles. The Balaban J connectivity index is 1.54. The molecule has 5 rings (SSSR count). The lowest BCUT2D eigenvalue weighted by Crippen LogP contribution is -2.45. The molecule has 1 aromatic carbocycles.